The van der Waals surface area contributed by atoms with E-state index < -0.39 is 0 Å². The number of hydrogen-bond donors (Lipinski definition) is 1. The van der Waals surface area contributed by atoms with E-state index in [9.17, 15) is 4.79 Å². The smallest absolute Gasteiger partial charge is 0.277 e. The van der Waals surface area contributed by atoms with Crippen LogP contribution in [0.15, 0.2) is 35.5 Å². The first kappa shape index (κ1) is 14.3. The molecule has 1 amide bonds. The SMILES string of the molecule is C/C=C/C=N\NC(=O)COc1ccc(Cl)cc1C. The Morgan fingerprint density at radius 3 is 3.00 bits per heavy atom. The molecule has 0 aliphatic rings. The average Bonchev–Trinajstić information content (AvgIpc) is 2.33. The molecule has 0 radical (unpaired) electrons. The molecular weight excluding hydrogens is 252 g/mol. The molecule has 1 N–H and O–H groups in total. The maximum Gasteiger partial charge on any atom is 0.277 e. The maximum atomic E-state index is 11.4. The van der Waals surface area contributed by atoms with E-state index in [-0.39, 0.29) is 12.5 Å². The highest BCUT2D eigenvalue weighted by molar-refractivity contribution is 6.30. The van der Waals surface area contributed by atoms with Crippen LogP contribution in [-0.4, -0.2) is 18.7 Å². The van der Waals surface area contributed by atoms with Crippen molar-refractivity contribution in [3.63, 3.8) is 0 Å². The van der Waals surface area contributed by atoms with Crippen LogP contribution in [0.1, 0.15) is 12.5 Å². The van der Waals surface area contributed by atoms with Crippen LogP contribution < -0.4 is 10.2 Å². The summed E-state index contributed by atoms with van der Waals surface area (Å²) in [6.07, 6.45) is 5.01. The first-order valence-corrected chi connectivity index (χ1v) is 5.83. The quantitative estimate of drug-likeness (QED) is 0.658. The molecule has 0 bridgehead atoms. The van der Waals surface area contributed by atoms with Gasteiger partial charge in [-0.1, -0.05) is 17.7 Å². The first-order chi connectivity index (χ1) is 8.63. The summed E-state index contributed by atoms with van der Waals surface area (Å²) in [7, 11) is 0. The predicted octanol–water partition coefficient (Wildman–Crippen LogP) is 2.71. The van der Waals surface area contributed by atoms with Crippen LogP contribution in [-0.2, 0) is 4.79 Å². The monoisotopic (exact) mass is 266 g/mol. The summed E-state index contributed by atoms with van der Waals surface area (Å²) in [5.41, 5.74) is 3.23. The molecule has 0 unspecified atom stereocenters. The molecule has 0 aliphatic carbocycles. The Kier molecular flexibility index (Phi) is 5.94. The van der Waals surface area contributed by atoms with Crippen LogP contribution in [0.2, 0.25) is 5.02 Å². The van der Waals surface area contributed by atoms with Crippen molar-refractivity contribution in [3.05, 3.63) is 40.9 Å². The van der Waals surface area contributed by atoms with E-state index in [2.05, 4.69) is 10.5 Å². The van der Waals surface area contributed by atoms with Crippen LogP contribution in [0, 0.1) is 6.92 Å². The molecule has 0 saturated heterocycles. The van der Waals surface area contributed by atoms with Gasteiger partial charge in [-0.05, 0) is 43.7 Å². The Labute approximate surface area is 111 Å². The van der Waals surface area contributed by atoms with E-state index in [4.69, 9.17) is 16.3 Å². The van der Waals surface area contributed by atoms with Crippen LogP contribution in [0.5, 0.6) is 5.75 Å². The molecule has 0 aliphatic heterocycles. The molecule has 0 saturated carbocycles. The number of halogens is 1. The third-order valence-electron chi connectivity index (χ3n) is 2.04. The Bertz CT molecular complexity index is 470. The molecule has 96 valence electrons. The van der Waals surface area contributed by atoms with Crippen molar-refractivity contribution in [2.24, 2.45) is 5.10 Å². The number of rotatable bonds is 5. The lowest BCUT2D eigenvalue weighted by Crippen LogP contribution is -2.24. The summed E-state index contributed by atoms with van der Waals surface area (Å²) in [6, 6.07) is 5.22. The Morgan fingerprint density at radius 1 is 1.56 bits per heavy atom. The van der Waals surface area contributed by atoms with Crippen LogP contribution in [0.4, 0.5) is 0 Å². The van der Waals surface area contributed by atoms with Gasteiger partial charge in [0.2, 0.25) is 0 Å². The third-order valence-corrected chi connectivity index (χ3v) is 2.27. The summed E-state index contributed by atoms with van der Waals surface area (Å²) in [4.78, 5) is 11.4. The second-order valence-corrected chi connectivity index (χ2v) is 3.97. The Balaban J connectivity index is 2.42. The lowest BCUT2D eigenvalue weighted by atomic mass is 10.2. The van der Waals surface area contributed by atoms with Gasteiger partial charge in [0.1, 0.15) is 5.75 Å². The topological polar surface area (TPSA) is 50.7 Å². The van der Waals surface area contributed by atoms with Gasteiger partial charge >= 0.3 is 0 Å². The van der Waals surface area contributed by atoms with E-state index >= 15 is 0 Å². The highest BCUT2D eigenvalue weighted by atomic mass is 35.5. The second kappa shape index (κ2) is 7.50. The molecule has 0 atom stereocenters. The summed E-state index contributed by atoms with van der Waals surface area (Å²) >= 11 is 5.82. The highest BCUT2D eigenvalue weighted by Gasteiger charge is 2.04. The summed E-state index contributed by atoms with van der Waals surface area (Å²) in [5.74, 6) is 0.317. The fourth-order valence-corrected chi connectivity index (χ4v) is 1.42. The minimum atomic E-state index is -0.315. The minimum Gasteiger partial charge on any atom is -0.483 e. The molecule has 18 heavy (non-hydrogen) atoms. The molecule has 1 aromatic rings. The number of aryl methyl sites for hydroxylation is 1. The average molecular weight is 267 g/mol. The van der Waals surface area contributed by atoms with Gasteiger partial charge in [0.05, 0.1) is 0 Å². The number of benzene rings is 1. The van der Waals surface area contributed by atoms with Gasteiger partial charge in [0.15, 0.2) is 6.61 Å². The molecule has 1 aromatic carbocycles. The third kappa shape index (κ3) is 5.01. The number of nitrogens with one attached hydrogen (secondary N) is 1. The molecule has 0 aromatic heterocycles. The molecule has 1 rings (SSSR count). The van der Waals surface area contributed by atoms with Gasteiger partial charge in [0.25, 0.3) is 5.91 Å². The van der Waals surface area contributed by atoms with E-state index in [0.717, 1.165) is 5.56 Å². The van der Waals surface area contributed by atoms with Gasteiger partial charge < -0.3 is 4.74 Å². The lowest BCUT2D eigenvalue weighted by Gasteiger charge is -2.07. The second-order valence-electron chi connectivity index (χ2n) is 3.54. The van der Waals surface area contributed by atoms with Crippen molar-refractivity contribution in [3.8, 4) is 5.75 Å². The minimum absolute atomic E-state index is 0.0876. The van der Waals surface area contributed by atoms with E-state index in [1.54, 1.807) is 24.3 Å². The van der Waals surface area contributed by atoms with Crippen molar-refractivity contribution in [1.82, 2.24) is 5.43 Å². The fourth-order valence-electron chi connectivity index (χ4n) is 1.19. The van der Waals surface area contributed by atoms with E-state index in [0.29, 0.717) is 10.8 Å². The summed E-state index contributed by atoms with van der Waals surface area (Å²) in [6.45, 7) is 3.64. The number of nitrogens with zero attached hydrogens (tertiary/aromatic N) is 1. The van der Waals surface area contributed by atoms with Crippen molar-refractivity contribution < 1.29 is 9.53 Å². The fraction of sp³-hybridized carbons (Fsp3) is 0.231. The summed E-state index contributed by atoms with van der Waals surface area (Å²) in [5, 5.41) is 4.34. The zero-order chi connectivity index (χ0) is 13.4. The van der Waals surface area contributed by atoms with Gasteiger partial charge in [-0.15, -0.1) is 0 Å². The van der Waals surface area contributed by atoms with Crippen molar-refractivity contribution in [2.75, 3.05) is 6.61 Å². The standard InChI is InChI=1S/C13H15ClN2O2/c1-3-4-7-15-16-13(17)9-18-12-6-5-11(14)8-10(12)2/h3-8H,9H2,1-2H3,(H,16,17)/b4-3+,15-7-. The predicted molar refractivity (Wildman–Crippen MR) is 73.1 cm³/mol. The molecule has 0 fully saturated rings. The number of hydrogen-bond acceptors (Lipinski definition) is 3. The van der Waals surface area contributed by atoms with Gasteiger partial charge in [-0.25, -0.2) is 5.43 Å². The van der Waals surface area contributed by atoms with Gasteiger partial charge in [-0.3, -0.25) is 4.79 Å². The van der Waals surface area contributed by atoms with Crippen molar-refractivity contribution >= 4 is 23.7 Å². The lowest BCUT2D eigenvalue weighted by molar-refractivity contribution is -0.123. The Hall–Kier alpha value is -1.81. The van der Waals surface area contributed by atoms with Crippen molar-refractivity contribution in [2.45, 2.75) is 13.8 Å². The normalized spacial score (nSPS) is 11.1. The number of allylic oxidation sites excluding steroid dienone is 2. The number of hydrazone groups is 1. The van der Waals surface area contributed by atoms with Crippen LogP contribution in [0.25, 0.3) is 0 Å². The largest absolute Gasteiger partial charge is 0.483 e. The van der Waals surface area contributed by atoms with Gasteiger partial charge in [-0.2, -0.15) is 5.10 Å². The van der Waals surface area contributed by atoms with Gasteiger partial charge in [0, 0.05) is 11.2 Å². The molecule has 0 spiro atoms. The van der Waals surface area contributed by atoms with Crippen LogP contribution in [0.3, 0.4) is 0 Å². The van der Waals surface area contributed by atoms with Crippen molar-refractivity contribution in [1.29, 1.82) is 0 Å². The molecule has 4 nitrogen and oxygen atoms in total. The number of ether oxygens (including phenoxy) is 1. The van der Waals surface area contributed by atoms with Crippen LogP contribution >= 0.6 is 11.6 Å². The summed E-state index contributed by atoms with van der Waals surface area (Å²) < 4.78 is 5.35. The zero-order valence-electron chi connectivity index (χ0n) is 10.3. The number of amides is 1. The molecule has 5 heteroatoms. The maximum absolute atomic E-state index is 11.4. The zero-order valence-corrected chi connectivity index (χ0v) is 11.1. The highest BCUT2D eigenvalue weighted by Crippen LogP contribution is 2.21. The number of carbonyl (C=O) groups excluding carboxylic acids is 1. The van der Waals surface area contributed by atoms with E-state index in [1.807, 2.05) is 19.9 Å². The molecular formula is C13H15ClN2O2. The first-order valence-electron chi connectivity index (χ1n) is 5.45. The number of carbonyl (C=O) groups is 1. The molecule has 0 heterocycles. The Morgan fingerprint density at radius 2 is 2.33 bits per heavy atom. The van der Waals surface area contributed by atoms with E-state index in [1.165, 1.54) is 6.21 Å².